The Kier molecular flexibility index (Phi) is 4.24. The second-order valence-corrected chi connectivity index (χ2v) is 6.23. The fourth-order valence-corrected chi connectivity index (χ4v) is 3.09. The molecule has 110 valence electrons. The van der Waals surface area contributed by atoms with Crippen molar-refractivity contribution in [3.8, 4) is 11.4 Å². The van der Waals surface area contributed by atoms with Crippen molar-refractivity contribution < 1.29 is 0 Å². The number of rotatable bonds is 5. The maximum atomic E-state index is 4.73. The maximum Gasteiger partial charge on any atom is 0.161 e. The molecule has 1 saturated carbocycles. The van der Waals surface area contributed by atoms with Crippen LogP contribution in [0.2, 0.25) is 0 Å². The van der Waals surface area contributed by atoms with Crippen LogP contribution in [0.15, 0.2) is 28.7 Å². The van der Waals surface area contributed by atoms with Crippen LogP contribution in [0.25, 0.3) is 11.4 Å². The highest BCUT2D eigenvalue weighted by molar-refractivity contribution is 9.10. The molecule has 1 heterocycles. The van der Waals surface area contributed by atoms with Gasteiger partial charge < -0.3 is 5.32 Å². The molecule has 1 aromatic heterocycles. The normalized spacial score (nSPS) is 14.2. The topological polar surface area (TPSA) is 37.8 Å². The standard InChI is InChI=1S/C17H20BrN3/c1-3-14-15(18)17(19-4-2)21-16(20-14)13-7-5-6-12(10-13)11-8-9-11/h5-7,10-11H,3-4,8-9H2,1-2H3,(H,19,20,21). The van der Waals surface area contributed by atoms with Crippen LogP contribution in [-0.4, -0.2) is 16.5 Å². The molecule has 0 atom stereocenters. The Labute approximate surface area is 134 Å². The number of hydrogen-bond acceptors (Lipinski definition) is 3. The van der Waals surface area contributed by atoms with Gasteiger partial charge in [-0.15, -0.1) is 0 Å². The first-order chi connectivity index (χ1) is 10.2. The van der Waals surface area contributed by atoms with Crippen molar-refractivity contribution >= 4 is 21.7 Å². The van der Waals surface area contributed by atoms with Gasteiger partial charge in [-0.05, 0) is 59.7 Å². The SMILES string of the molecule is CCNc1nc(-c2cccc(C3CC3)c2)nc(CC)c1Br. The summed E-state index contributed by atoms with van der Waals surface area (Å²) in [4.78, 5) is 9.42. The Morgan fingerprint density at radius 1 is 1.24 bits per heavy atom. The molecule has 2 aromatic rings. The van der Waals surface area contributed by atoms with Crippen molar-refractivity contribution in [2.75, 3.05) is 11.9 Å². The Morgan fingerprint density at radius 3 is 2.71 bits per heavy atom. The summed E-state index contributed by atoms with van der Waals surface area (Å²) >= 11 is 3.61. The molecular formula is C17H20BrN3. The lowest BCUT2D eigenvalue weighted by Crippen LogP contribution is -2.06. The third-order valence-corrected chi connectivity index (χ3v) is 4.63. The van der Waals surface area contributed by atoms with Crippen LogP contribution < -0.4 is 5.32 Å². The maximum absolute atomic E-state index is 4.73. The lowest BCUT2D eigenvalue weighted by molar-refractivity contribution is 0.983. The van der Waals surface area contributed by atoms with E-state index in [9.17, 15) is 0 Å². The number of anilines is 1. The Morgan fingerprint density at radius 2 is 2.05 bits per heavy atom. The molecular weight excluding hydrogens is 326 g/mol. The van der Waals surface area contributed by atoms with E-state index in [1.54, 1.807) is 0 Å². The van der Waals surface area contributed by atoms with Crippen molar-refractivity contribution in [2.45, 2.75) is 39.0 Å². The second kappa shape index (κ2) is 6.14. The van der Waals surface area contributed by atoms with Gasteiger partial charge in [0.25, 0.3) is 0 Å². The van der Waals surface area contributed by atoms with Gasteiger partial charge in [-0.1, -0.05) is 25.1 Å². The lowest BCUT2D eigenvalue weighted by atomic mass is 10.1. The largest absolute Gasteiger partial charge is 0.369 e. The van der Waals surface area contributed by atoms with Gasteiger partial charge in [-0.25, -0.2) is 9.97 Å². The number of aromatic nitrogens is 2. The van der Waals surface area contributed by atoms with Gasteiger partial charge in [-0.3, -0.25) is 0 Å². The molecule has 0 unspecified atom stereocenters. The Hall–Kier alpha value is -1.42. The van der Waals surface area contributed by atoms with E-state index in [4.69, 9.17) is 9.97 Å². The molecule has 1 aliphatic rings. The van der Waals surface area contributed by atoms with Crippen LogP contribution in [0.5, 0.6) is 0 Å². The molecule has 0 aliphatic heterocycles. The second-order valence-electron chi connectivity index (χ2n) is 5.44. The summed E-state index contributed by atoms with van der Waals surface area (Å²) in [6, 6.07) is 8.68. The highest BCUT2D eigenvalue weighted by Crippen LogP contribution is 2.41. The van der Waals surface area contributed by atoms with Crippen molar-refractivity contribution in [3.05, 3.63) is 40.0 Å². The van der Waals surface area contributed by atoms with E-state index in [1.807, 2.05) is 0 Å². The molecule has 0 saturated heterocycles. The molecule has 0 spiro atoms. The molecule has 4 heteroatoms. The Balaban J connectivity index is 2.04. The molecule has 0 amide bonds. The first-order valence-electron chi connectivity index (χ1n) is 7.63. The van der Waals surface area contributed by atoms with Gasteiger partial charge in [-0.2, -0.15) is 0 Å². The van der Waals surface area contributed by atoms with E-state index in [0.29, 0.717) is 0 Å². The minimum atomic E-state index is 0.749. The van der Waals surface area contributed by atoms with Crippen LogP contribution in [0.1, 0.15) is 43.9 Å². The summed E-state index contributed by atoms with van der Waals surface area (Å²) in [5.74, 6) is 2.45. The van der Waals surface area contributed by atoms with Gasteiger partial charge in [0.1, 0.15) is 5.82 Å². The van der Waals surface area contributed by atoms with Crippen molar-refractivity contribution in [2.24, 2.45) is 0 Å². The van der Waals surface area contributed by atoms with Gasteiger partial charge in [0.15, 0.2) is 5.82 Å². The van der Waals surface area contributed by atoms with Crippen LogP contribution in [0, 0.1) is 0 Å². The predicted octanol–water partition coefficient (Wildman–Crippen LogP) is 4.78. The molecule has 1 aliphatic carbocycles. The molecule has 1 aromatic carbocycles. The third-order valence-electron chi connectivity index (χ3n) is 3.79. The van der Waals surface area contributed by atoms with E-state index in [-0.39, 0.29) is 0 Å². The zero-order chi connectivity index (χ0) is 14.8. The van der Waals surface area contributed by atoms with E-state index < -0.39 is 0 Å². The third kappa shape index (κ3) is 3.10. The fourth-order valence-electron chi connectivity index (χ4n) is 2.49. The molecule has 3 nitrogen and oxygen atoms in total. The fraction of sp³-hybridized carbons (Fsp3) is 0.412. The zero-order valence-electron chi connectivity index (χ0n) is 12.5. The van der Waals surface area contributed by atoms with Crippen LogP contribution in [0.3, 0.4) is 0 Å². The number of nitrogens with one attached hydrogen (secondary N) is 1. The number of halogens is 1. The lowest BCUT2D eigenvalue weighted by Gasteiger charge is -2.12. The molecule has 0 bridgehead atoms. The molecule has 21 heavy (non-hydrogen) atoms. The summed E-state index contributed by atoms with van der Waals surface area (Å²) in [5, 5.41) is 3.31. The van der Waals surface area contributed by atoms with E-state index >= 15 is 0 Å². The minimum absolute atomic E-state index is 0.749. The van der Waals surface area contributed by atoms with Gasteiger partial charge in [0.05, 0.1) is 10.2 Å². The van der Waals surface area contributed by atoms with Crippen molar-refractivity contribution in [1.82, 2.24) is 9.97 Å². The highest BCUT2D eigenvalue weighted by Gasteiger charge is 2.23. The molecule has 1 fully saturated rings. The highest BCUT2D eigenvalue weighted by atomic mass is 79.9. The Bertz CT molecular complexity index is 650. The van der Waals surface area contributed by atoms with Crippen molar-refractivity contribution in [3.63, 3.8) is 0 Å². The predicted molar refractivity (Wildman–Crippen MR) is 90.7 cm³/mol. The average molecular weight is 346 g/mol. The quantitative estimate of drug-likeness (QED) is 0.847. The number of benzene rings is 1. The monoisotopic (exact) mass is 345 g/mol. The minimum Gasteiger partial charge on any atom is -0.369 e. The smallest absolute Gasteiger partial charge is 0.161 e. The molecule has 3 rings (SSSR count). The number of hydrogen-bond donors (Lipinski definition) is 1. The summed E-state index contributed by atoms with van der Waals surface area (Å²) in [7, 11) is 0. The summed E-state index contributed by atoms with van der Waals surface area (Å²) < 4.78 is 0.981. The van der Waals surface area contributed by atoms with Crippen LogP contribution in [0.4, 0.5) is 5.82 Å². The molecule has 1 N–H and O–H groups in total. The van der Waals surface area contributed by atoms with Gasteiger partial charge >= 0.3 is 0 Å². The van der Waals surface area contributed by atoms with Gasteiger partial charge in [0.2, 0.25) is 0 Å². The van der Waals surface area contributed by atoms with Gasteiger partial charge in [0, 0.05) is 12.1 Å². The van der Waals surface area contributed by atoms with Crippen molar-refractivity contribution in [1.29, 1.82) is 0 Å². The van der Waals surface area contributed by atoms with E-state index in [1.165, 1.54) is 18.4 Å². The summed E-state index contributed by atoms with van der Waals surface area (Å²) in [6.45, 7) is 5.04. The van der Waals surface area contributed by atoms with E-state index in [2.05, 4.69) is 59.4 Å². The number of aryl methyl sites for hydroxylation is 1. The number of nitrogens with zero attached hydrogens (tertiary/aromatic N) is 2. The van der Waals surface area contributed by atoms with E-state index in [0.717, 1.165) is 46.3 Å². The summed E-state index contributed by atoms with van der Waals surface area (Å²) in [6.07, 6.45) is 3.51. The van der Waals surface area contributed by atoms with Crippen LogP contribution >= 0.6 is 15.9 Å². The summed E-state index contributed by atoms with van der Waals surface area (Å²) in [5.41, 5.74) is 3.58. The zero-order valence-corrected chi connectivity index (χ0v) is 14.1. The first-order valence-corrected chi connectivity index (χ1v) is 8.42. The molecule has 0 radical (unpaired) electrons. The first kappa shape index (κ1) is 14.5. The average Bonchev–Trinajstić information content (AvgIpc) is 3.34. The van der Waals surface area contributed by atoms with Crippen LogP contribution in [-0.2, 0) is 6.42 Å².